The number of amides is 2. The van der Waals surface area contributed by atoms with E-state index in [1.54, 1.807) is 0 Å². The van der Waals surface area contributed by atoms with Gasteiger partial charge >= 0.3 is 6.03 Å². The van der Waals surface area contributed by atoms with E-state index in [0.29, 0.717) is 0 Å². The van der Waals surface area contributed by atoms with E-state index >= 15 is 0 Å². The summed E-state index contributed by atoms with van der Waals surface area (Å²) >= 11 is 0. The first-order chi connectivity index (χ1) is 5.13. The molecule has 0 saturated carbocycles. The summed E-state index contributed by atoms with van der Waals surface area (Å²) in [6, 6.07) is -0.546. The minimum absolute atomic E-state index is 0.546. The third kappa shape index (κ3) is 9.19. The lowest BCUT2D eigenvalue weighted by Crippen LogP contribution is -2.41. The molecule has 2 amide bonds. The van der Waals surface area contributed by atoms with Crippen molar-refractivity contribution in [3.8, 4) is 0 Å². The highest BCUT2D eigenvalue weighted by atomic mass is 16.2. The fourth-order valence-electron chi connectivity index (χ4n) is 0.633. The van der Waals surface area contributed by atoms with Crippen LogP contribution in [-0.4, -0.2) is 38.1 Å². The molecule has 0 aromatic heterocycles. The number of hydrazine groups is 1. The van der Waals surface area contributed by atoms with Crippen LogP contribution in [0, 0.1) is 0 Å². The Kier molecular flexibility index (Phi) is 5.50. The summed E-state index contributed by atoms with van der Waals surface area (Å²) < 4.78 is 0. The summed E-state index contributed by atoms with van der Waals surface area (Å²) in [6.07, 6.45) is 0.979. The summed E-state index contributed by atoms with van der Waals surface area (Å²) in [5.41, 5.74) is 9.79. The Morgan fingerprint density at radius 3 is 2.64 bits per heavy atom. The summed E-state index contributed by atoms with van der Waals surface area (Å²) in [5, 5.41) is 0. The molecule has 0 spiro atoms. The molecule has 0 atom stereocenters. The molecule has 0 bridgehead atoms. The van der Waals surface area contributed by atoms with E-state index < -0.39 is 6.03 Å². The number of nitrogens with zero attached hydrogens (tertiary/aromatic N) is 1. The van der Waals surface area contributed by atoms with E-state index in [2.05, 4.69) is 15.8 Å². The molecule has 11 heavy (non-hydrogen) atoms. The van der Waals surface area contributed by atoms with E-state index in [9.17, 15) is 4.79 Å². The number of carbonyl (C=O) groups excluding carboxylic acids is 1. The van der Waals surface area contributed by atoms with Gasteiger partial charge in [0.05, 0.1) is 0 Å². The van der Waals surface area contributed by atoms with Crippen LogP contribution in [0.5, 0.6) is 0 Å². The summed E-state index contributed by atoms with van der Waals surface area (Å²) in [7, 11) is 4.00. The first-order valence-corrected chi connectivity index (χ1v) is 3.56. The van der Waals surface area contributed by atoms with Crippen molar-refractivity contribution in [2.24, 2.45) is 5.73 Å². The maximum Gasteiger partial charge on any atom is 0.326 e. The van der Waals surface area contributed by atoms with Crippen molar-refractivity contribution in [3.63, 3.8) is 0 Å². The van der Waals surface area contributed by atoms with E-state index in [0.717, 1.165) is 19.5 Å². The first kappa shape index (κ1) is 10.2. The second-order valence-electron chi connectivity index (χ2n) is 2.57. The average Bonchev–Trinajstić information content (AvgIpc) is 1.85. The quantitative estimate of drug-likeness (QED) is 0.361. The molecule has 0 fully saturated rings. The Hall–Kier alpha value is -0.810. The van der Waals surface area contributed by atoms with Gasteiger partial charge in [-0.1, -0.05) is 0 Å². The van der Waals surface area contributed by atoms with Gasteiger partial charge in [0, 0.05) is 6.54 Å². The minimum Gasteiger partial charge on any atom is -0.351 e. The third-order valence-electron chi connectivity index (χ3n) is 1.12. The number of nitrogens with two attached hydrogens (primary N) is 1. The molecule has 5 heteroatoms. The van der Waals surface area contributed by atoms with Gasteiger partial charge in [-0.15, -0.1) is 0 Å². The van der Waals surface area contributed by atoms with Crippen LogP contribution in [-0.2, 0) is 0 Å². The van der Waals surface area contributed by atoms with Crippen molar-refractivity contribution in [3.05, 3.63) is 0 Å². The largest absolute Gasteiger partial charge is 0.351 e. The smallest absolute Gasteiger partial charge is 0.326 e. The predicted octanol–water partition coefficient (Wildman–Crippen LogP) is -0.889. The zero-order valence-corrected chi connectivity index (χ0v) is 7.05. The fourth-order valence-corrected chi connectivity index (χ4v) is 0.633. The Morgan fingerprint density at radius 1 is 1.55 bits per heavy atom. The molecule has 0 aromatic carbocycles. The fraction of sp³-hybridized carbons (Fsp3) is 0.833. The van der Waals surface area contributed by atoms with Crippen molar-refractivity contribution in [1.29, 1.82) is 0 Å². The zero-order chi connectivity index (χ0) is 8.69. The number of nitrogens with one attached hydrogen (secondary N) is 2. The van der Waals surface area contributed by atoms with Gasteiger partial charge in [0.25, 0.3) is 0 Å². The molecule has 0 radical (unpaired) electrons. The maximum absolute atomic E-state index is 10.1. The molecule has 0 aliphatic carbocycles. The van der Waals surface area contributed by atoms with Crippen LogP contribution < -0.4 is 16.6 Å². The lowest BCUT2D eigenvalue weighted by Gasteiger charge is -2.09. The van der Waals surface area contributed by atoms with Crippen molar-refractivity contribution < 1.29 is 4.79 Å². The van der Waals surface area contributed by atoms with Crippen LogP contribution >= 0.6 is 0 Å². The van der Waals surface area contributed by atoms with Crippen molar-refractivity contribution in [2.75, 3.05) is 27.2 Å². The van der Waals surface area contributed by atoms with Gasteiger partial charge in [-0.2, -0.15) is 0 Å². The molecule has 0 saturated heterocycles. The number of urea groups is 1. The molecular formula is C6H16N4O. The number of primary amides is 1. The van der Waals surface area contributed by atoms with E-state index in [1.165, 1.54) is 0 Å². The van der Waals surface area contributed by atoms with Crippen molar-refractivity contribution in [1.82, 2.24) is 15.8 Å². The molecule has 0 rings (SSSR count). The van der Waals surface area contributed by atoms with E-state index in [-0.39, 0.29) is 0 Å². The van der Waals surface area contributed by atoms with Gasteiger partial charge in [0.15, 0.2) is 0 Å². The first-order valence-electron chi connectivity index (χ1n) is 3.56. The number of carbonyl (C=O) groups is 1. The number of hydrogen-bond acceptors (Lipinski definition) is 3. The van der Waals surface area contributed by atoms with Crippen LogP contribution in [0.3, 0.4) is 0 Å². The van der Waals surface area contributed by atoms with E-state index in [4.69, 9.17) is 5.73 Å². The van der Waals surface area contributed by atoms with Gasteiger partial charge < -0.3 is 10.6 Å². The zero-order valence-electron chi connectivity index (χ0n) is 7.05. The molecule has 4 N–H and O–H groups in total. The third-order valence-corrected chi connectivity index (χ3v) is 1.12. The average molecular weight is 160 g/mol. The Bertz CT molecular complexity index is 115. The lowest BCUT2D eigenvalue weighted by atomic mass is 10.4. The highest BCUT2D eigenvalue weighted by Crippen LogP contribution is 1.78. The highest BCUT2D eigenvalue weighted by Gasteiger charge is 1.91. The van der Waals surface area contributed by atoms with Gasteiger partial charge in [-0.05, 0) is 27.1 Å². The highest BCUT2D eigenvalue weighted by molar-refractivity contribution is 5.70. The van der Waals surface area contributed by atoms with Gasteiger partial charge in [-0.25, -0.2) is 10.2 Å². The molecule has 0 aliphatic heterocycles. The monoisotopic (exact) mass is 160 g/mol. The topological polar surface area (TPSA) is 70.4 Å². The van der Waals surface area contributed by atoms with Crippen molar-refractivity contribution in [2.45, 2.75) is 6.42 Å². The second-order valence-corrected chi connectivity index (χ2v) is 2.57. The van der Waals surface area contributed by atoms with Crippen LogP contribution in [0.15, 0.2) is 0 Å². The van der Waals surface area contributed by atoms with Crippen LogP contribution in [0.25, 0.3) is 0 Å². The molecule has 5 nitrogen and oxygen atoms in total. The molecule has 0 aliphatic rings. The van der Waals surface area contributed by atoms with E-state index in [1.807, 2.05) is 14.1 Å². The summed E-state index contributed by atoms with van der Waals surface area (Å²) in [4.78, 5) is 12.2. The van der Waals surface area contributed by atoms with Gasteiger partial charge in [-0.3, -0.25) is 5.43 Å². The second kappa shape index (κ2) is 5.94. The predicted molar refractivity (Wildman–Crippen MR) is 43.9 cm³/mol. The lowest BCUT2D eigenvalue weighted by molar-refractivity contribution is 0.244. The molecule has 0 aromatic rings. The normalized spacial score (nSPS) is 10.1. The SMILES string of the molecule is CN(C)CCCNNC(N)=O. The minimum atomic E-state index is -0.546. The summed E-state index contributed by atoms with van der Waals surface area (Å²) in [5.74, 6) is 0. The summed E-state index contributed by atoms with van der Waals surface area (Å²) in [6.45, 7) is 1.73. The Labute approximate surface area is 66.9 Å². The van der Waals surface area contributed by atoms with Gasteiger partial charge in [0.1, 0.15) is 0 Å². The maximum atomic E-state index is 10.1. The standard InChI is InChI=1S/C6H16N4O/c1-10(2)5-3-4-8-9-6(7)11/h8H,3-5H2,1-2H3,(H3,7,9,11). The Balaban J connectivity index is 2.97. The van der Waals surface area contributed by atoms with Crippen LogP contribution in [0.1, 0.15) is 6.42 Å². The Morgan fingerprint density at radius 2 is 2.18 bits per heavy atom. The number of rotatable bonds is 5. The number of hydrogen-bond donors (Lipinski definition) is 3. The molecule has 66 valence electrons. The van der Waals surface area contributed by atoms with Gasteiger partial charge in [0.2, 0.25) is 0 Å². The molecule has 0 heterocycles. The molecular weight excluding hydrogens is 144 g/mol. The van der Waals surface area contributed by atoms with Crippen LogP contribution in [0.4, 0.5) is 4.79 Å². The molecule has 0 unspecified atom stereocenters. The van der Waals surface area contributed by atoms with Crippen LogP contribution in [0.2, 0.25) is 0 Å². The van der Waals surface area contributed by atoms with Crippen molar-refractivity contribution >= 4 is 6.03 Å².